The number of benzene rings is 1. The van der Waals surface area contributed by atoms with Crippen LogP contribution in [0.3, 0.4) is 0 Å². The number of rotatable bonds is 2. The Balaban J connectivity index is 2.13. The van der Waals surface area contributed by atoms with Gasteiger partial charge in [-0.05, 0) is 12.1 Å². The summed E-state index contributed by atoms with van der Waals surface area (Å²) in [6.07, 6.45) is 0.120. The van der Waals surface area contributed by atoms with Crippen LogP contribution >= 0.6 is 11.6 Å². The van der Waals surface area contributed by atoms with Crippen LogP contribution in [-0.2, 0) is 4.74 Å². The van der Waals surface area contributed by atoms with Crippen molar-refractivity contribution in [3.63, 3.8) is 0 Å². The molecule has 1 aliphatic rings. The fourth-order valence-electron chi connectivity index (χ4n) is 1.79. The Morgan fingerprint density at radius 2 is 2.27 bits per heavy atom. The molecular formula is C11H15ClN2O. The summed E-state index contributed by atoms with van der Waals surface area (Å²) in [5.41, 5.74) is 6.67. The lowest BCUT2D eigenvalue weighted by molar-refractivity contribution is 0.0466. The molecule has 1 atom stereocenters. The predicted octanol–water partition coefficient (Wildman–Crippen LogP) is 1.50. The predicted molar refractivity (Wildman–Crippen MR) is 62.5 cm³/mol. The van der Waals surface area contributed by atoms with Gasteiger partial charge in [0, 0.05) is 19.6 Å². The summed E-state index contributed by atoms with van der Waals surface area (Å²) >= 11 is 6.13. The first-order chi connectivity index (χ1) is 7.31. The van der Waals surface area contributed by atoms with Crippen molar-refractivity contribution in [2.75, 3.05) is 31.1 Å². The van der Waals surface area contributed by atoms with Gasteiger partial charge in [-0.3, -0.25) is 0 Å². The number of para-hydroxylation sites is 1. The van der Waals surface area contributed by atoms with E-state index in [4.69, 9.17) is 22.1 Å². The Labute approximate surface area is 94.8 Å². The minimum absolute atomic E-state index is 0.120. The lowest BCUT2D eigenvalue weighted by Gasteiger charge is -2.34. The van der Waals surface area contributed by atoms with Crippen LogP contribution in [-0.4, -0.2) is 32.3 Å². The van der Waals surface area contributed by atoms with Crippen LogP contribution in [0.5, 0.6) is 0 Å². The number of hydrogen-bond donors (Lipinski definition) is 1. The average molecular weight is 227 g/mol. The molecule has 1 aromatic rings. The molecule has 2 N–H and O–H groups in total. The fraction of sp³-hybridized carbons (Fsp3) is 0.455. The Morgan fingerprint density at radius 3 is 3.00 bits per heavy atom. The third-order valence-corrected chi connectivity index (χ3v) is 2.91. The molecule has 1 heterocycles. The van der Waals surface area contributed by atoms with Gasteiger partial charge in [0.1, 0.15) is 0 Å². The van der Waals surface area contributed by atoms with Gasteiger partial charge in [-0.15, -0.1) is 0 Å². The molecule has 1 saturated heterocycles. The zero-order valence-electron chi connectivity index (χ0n) is 8.53. The van der Waals surface area contributed by atoms with Gasteiger partial charge in [-0.2, -0.15) is 0 Å². The second kappa shape index (κ2) is 4.84. The van der Waals surface area contributed by atoms with Crippen molar-refractivity contribution >= 4 is 17.3 Å². The molecule has 1 fully saturated rings. The Bertz CT molecular complexity index is 332. The number of nitrogens with zero attached hydrogens (tertiary/aromatic N) is 1. The second-order valence-electron chi connectivity index (χ2n) is 3.63. The van der Waals surface area contributed by atoms with Gasteiger partial charge < -0.3 is 15.4 Å². The lowest BCUT2D eigenvalue weighted by Crippen LogP contribution is -2.45. The van der Waals surface area contributed by atoms with Crippen molar-refractivity contribution in [3.8, 4) is 0 Å². The highest BCUT2D eigenvalue weighted by Gasteiger charge is 2.20. The molecule has 0 amide bonds. The normalized spacial score (nSPS) is 21.7. The van der Waals surface area contributed by atoms with E-state index in [2.05, 4.69) is 4.90 Å². The molecule has 0 bridgehead atoms. The monoisotopic (exact) mass is 226 g/mol. The summed E-state index contributed by atoms with van der Waals surface area (Å²) in [6.45, 7) is 2.97. The van der Waals surface area contributed by atoms with E-state index in [9.17, 15) is 0 Å². The Morgan fingerprint density at radius 1 is 1.47 bits per heavy atom. The molecule has 4 heteroatoms. The van der Waals surface area contributed by atoms with Gasteiger partial charge >= 0.3 is 0 Å². The van der Waals surface area contributed by atoms with E-state index in [1.807, 2.05) is 24.3 Å². The minimum Gasteiger partial charge on any atom is -0.373 e. The summed E-state index contributed by atoms with van der Waals surface area (Å²) in [7, 11) is 0. The van der Waals surface area contributed by atoms with E-state index >= 15 is 0 Å². The van der Waals surface area contributed by atoms with Crippen LogP contribution in [0, 0.1) is 0 Å². The standard InChI is InChI=1S/C11H15ClN2O/c12-10-3-1-2-4-11(10)14-5-6-15-9(7-13)8-14/h1-4,9H,5-8,13H2. The van der Waals surface area contributed by atoms with Gasteiger partial charge in [0.2, 0.25) is 0 Å². The molecule has 0 aromatic heterocycles. The molecule has 1 unspecified atom stereocenters. The Kier molecular flexibility index (Phi) is 3.46. The van der Waals surface area contributed by atoms with Crippen molar-refractivity contribution in [1.82, 2.24) is 0 Å². The van der Waals surface area contributed by atoms with Gasteiger partial charge in [0.25, 0.3) is 0 Å². The lowest BCUT2D eigenvalue weighted by atomic mass is 10.2. The summed E-state index contributed by atoms with van der Waals surface area (Å²) in [4.78, 5) is 2.23. The van der Waals surface area contributed by atoms with Gasteiger partial charge in [-0.25, -0.2) is 0 Å². The molecule has 3 nitrogen and oxygen atoms in total. The molecule has 82 valence electrons. The van der Waals surface area contributed by atoms with E-state index in [1.165, 1.54) is 0 Å². The second-order valence-corrected chi connectivity index (χ2v) is 4.03. The Hall–Kier alpha value is -0.770. The molecule has 0 radical (unpaired) electrons. The van der Waals surface area contributed by atoms with Gasteiger partial charge in [0.05, 0.1) is 23.4 Å². The highest BCUT2D eigenvalue weighted by Crippen LogP contribution is 2.26. The molecule has 0 saturated carbocycles. The summed E-state index contributed by atoms with van der Waals surface area (Å²) in [5.74, 6) is 0. The van der Waals surface area contributed by atoms with Gasteiger partial charge in [-0.1, -0.05) is 23.7 Å². The summed E-state index contributed by atoms with van der Waals surface area (Å²) < 4.78 is 5.51. The zero-order chi connectivity index (χ0) is 10.7. The molecule has 0 spiro atoms. The van der Waals surface area contributed by atoms with Crippen molar-refractivity contribution in [3.05, 3.63) is 29.3 Å². The fourth-order valence-corrected chi connectivity index (χ4v) is 2.04. The first kappa shape index (κ1) is 10.7. The van der Waals surface area contributed by atoms with Crippen LogP contribution in [0.4, 0.5) is 5.69 Å². The number of ether oxygens (including phenoxy) is 1. The van der Waals surface area contributed by atoms with E-state index in [0.29, 0.717) is 13.2 Å². The van der Waals surface area contributed by atoms with Crippen LogP contribution in [0.25, 0.3) is 0 Å². The highest BCUT2D eigenvalue weighted by atomic mass is 35.5. The van der Waals surface area contributed by atoms with Crippen LogP contribution < -0.4 is 10.6 Å². The van der Waals surface area contributed by atoms with Crippen LogP contribution in [0.2, 0.25) is 5.02 Å². The van der Waals surface area contributed by atoms with E-state index in [0.717, 1.165) is 23.8 Å². The van der Waals surface area contributed by atoms with Crippen molar-refractivity contribution < 1.29 is 4.74 Å². The van der Waals surface area contributed by atoms with Crippen molar-refractivity contribution in [1.29, 1.82) is 0 Å². The van der Waals surface area contributed by atoms with Crippen molar-refractivity contribution in [2.24, 2.45) is 5.73 Å². The summed E-state index contributed by atoms with van der Waals surface area (Å²) in [5, 5.41) is 0.787. The maximum absolute atomic E-state index is 6.13. The van der Waals surface area contributed by atoms with Crippen molar-refractivity contribution in [2.45, 2.75) is 6.10 Å². The number of halogens is 1. The maximum Gasteiger partial charge on any atom is 0.0872 e. The largest absolute Gasteiger partial charge is 0.373 e. The quantitative estimate of drug-likeness (QED) is 0.831. The molecule has 1 aliphatic heterocycles. The smallest absolute Gasteiger partial charge is 0.0872 e. The number of anilines is 1. The van der Waals surface area contributed by atoms with Gasteiger partial charge in [0.15, 0.2) is 0 Å². The first-order valence-electron chi connectivity index (χ1n) is 5.12. The number of morpholine rings is 1. The van der Waals surface area contributed by atoms with E-state index in [1.54, 1.807) is 0 Å². The van der Waals surface area contributed by atoms with E-state index < -0.39 is 0 Å². The SMILES string of the molecule is NCC1CN(c2ccccc2Cl)CCO1. The molecular weight excluding hydrogens is 212 g/mol. The third kappa shape index (κ3) is 2.43. The number of nitrogens with two attached hydrogens (primary N) is 1. The highest BCUT2D eigenvalue weighted by molar-refractivity contribution is 6.33. The zero-order valence-corrected chi connectivity index (χ0v) is 9.28. The molecule has 2 rings (SSSR count). The average Bonchev–Trinajstić information content (AvgIpc) is 2.30. The minimum atomic E-state index is 0.120. The van der Waals surface area contributed by atoms with Crippen LogP contribution in [0.15, 0.2) is 24.3 Å². The first-order valence-corrected chi connectivity index (χ1v) is 5.50. The van der Waals surface area contributed by atoms with E-state index in [-0.39, 0.29) is 6.10 Å². The maximum atomic E-state index is 6.13. The topological polar surface area (TPSA) is 38.5 Å². The molecule has 0 aliphatic carbocycles. The third-order valence-electron chi connectivity index (χ3n) is 2.59. The molecule has 1 aromatic carbocycles. The number of hydrogen-bond acceptors (Lipinski definition) is 3. The summed E-state index contributed by atoms with van der Waals surface area (Å²) in [6, 6.07) is 7.87. The molecule has 15 heavy (non-hydrogen) atoms. The van der Waals surface area contributed by atoms with Crippen LogP contribution in [0.1, 0.15) is 0 Å².